The first kappa shape index (κ1) is 26.8. The fourth-order valence-corrected chi connectivity index (χ4v) is 4.55. The summed E-state index contributed by atoms with van der Waals surface area (Å²) in [5.74, 6) is -1.27. The third kappa shape index (κ3) is 7.82. The van der Waals surface area contributed by atoms with E-state index in [1.165, 1.54) is 29.2 Å². The highest BCUT2D eigenvalue weighted by Crippen LogP contribution is 2.23. The molecule has 0 aliphatic rings. The maximum Gasteiger partial charge on any atom is 0.244 e. The number of nitrogens with zero attached hydrogens (tertiary/aromatic N) is 2. The summed E-state index contributed by atoms with van der Waals surface area (Å²) in [5.41, 5.74) is 0.949. The van der Waals surface area contributed by atoms with Crippen LogP contribution >= 0.6 is 15.9 Å². The Kier molecular flexibility index (Phi) is 9.85. The minimum atomic E-state index is -3.79. The summed E-state index contributed by atoms with van der Waals surface area (Å²) in [6.07, 6.45) is 2.09. The van der Waals surface area contributed by atoms with Gasteiger partial charge in [-0.1, -0.05) is 48.0 Å². The summed E-state index contributed by atoms with van der Waals surface area (Å²) in [4.78, 5) is 27.6. The number of nitrogens with one attached hydrogen (secondary N) is 1. The molecule has 2 amide bonds. The fraction of sp³-hybridized carbons (Fsp3) is 0.391. The lowest BCUT2D eigenvalue weighted by molar-refractivity contribution is -0.140. The molecular weight excluding hydrogens is 513 g/mol. The number of carbonyl (C=O) groups excluding carboxylic acids is 2. The second kappa shape index (κ2) is 12.1. The number of rotatable bonds is 11. The Labute approximate surface area is 203 Å². The number of hydrogen-bond acceptors (Lipinski definition) is 4. The second-order valence-electron chi connectivity index (χ2n) is 7.61. The van der Waals surface area contributed by atoms with Crippen molar-refractivity contribution in [2.24, 2.45) is 0 Å². The van der Waals surface area contributed by atoms with Crippen LogP contribution in [0.1, 0.15) is 32.3 Å². The molecule has 1 N–H and O–H groups in total. The van der Waals surface area contributed by atoms with Crippen molar-refractivity contribution in [3.05, 3.63) is 64.4 Å². The van der Waals surface area contributed by atoms with Crippen molar-refractivity contribution < 1.29 is 22.4 Å². The quantitative estimate of drug-likeness (QED) is 0.470. The predicted octanol–water partition coefficient (Wildman–Crippen LogP) is 3.69. The monoisotopic (exact) mass is 541 g/mol. The van der Waals surface area contributed by atoms with Crippen LogP contribution in [0.4, 0.5) is 10.1 Å². The van der Waals surface area contributed by atoms with E-state index in [4.69, 9.17) is 0 Å². The first-order chi connectivity index (χ1) is 15.6. The van der Waals surface area contributed by atoms with Gasteiger partial charge in [-0.15, -0.1) is 0 Å². The molecule has 0 saturated carbocycles. The van der Waals surface area contributed by atoms with Gasteiger partial charge in [0.2, 0.25) is 21.8 Å². The molecule has 0 fully saturated rings. The second-order valence-corrected chi connectivity index (χ2v) is 10.4. The van der Waals surface area contributed by atoms with E-state index in [0.717, 1.165) is 17.0 Å². The standard InChI is InChI=1S/C23H29BrFN3O4S/c1-4-13-26-23(30)21(5-2)27(15-17-9-11-19(25)12-10-17)22(29)16-28(33(3,31)32)20-8-6-7-18(24)14-20/h6-12,14,21H,4-5,13,15-16H2,1-3H3,(H,26,30)/t21-/m0/s1. The van der Waals surface area contributed by atoms with E-state index < -0.39 is 34.3 Å². The van der Waals surface area contributed by atoms with Gasteiger partial charge in [0.25, 0.3) is 0 Å². The number of benzene rings is 2. The van der Waals surface area contributed by atoms with Crippen molar-refractivity contribution in [3.63, 3.8) is 0 Å². The Hall–Kier alpha value is -2.46. The number of halogens is 2. The average molecular weight is 542 g/mol. The van der Waals surface area contributed by atoms with Gasteiger partial charge in [-0.05, 0) is 48.7 Å². The van der Waals surface area contributed by atoms with Crippen LogP contribution < -0.4 is 9.62 Å². The van der Waals surface area contributed by atoms with Gasteiger partial charge in [0.1, 0.15) is 18.4 Å². The van der Waals surface area contributed by atoms with Gasteiger partial charge in [0.15, 0.2) is 0 Å². The highest BCUT2D eigenvalue weighted by atomic mass is 79.9. The SMILES string of the molecule is CCCNC(=O)[C@H](CC)N(Cc1ccc(F)cc1)C(=O)CN(c1cccc(Br)c1)S(C)(=O)=O. The molecule has 7 nitrogen and oxygen atoms in total. The molecule has 0 aliphatic carbocycles. The van der Waals surface area contributed by atoms with E-state index in [9.17, 15) is 22.4 Å². The van der Waals surface area contributed by atoms with Crippen molar-refractivity contribution in [2.75, 3.05) is 23.7 Å². The normalized spacial score (nSPS) is 12.2. The molecule has 33 heavy (non-hydrogen) atoms. The molecule has 2 rings (SSSR count). The maximum atomic E-state index is 13.5. The van der Waals surface area contributed by atoms with E-state index in [1.807, 2.05) is 6.92 Å². The van der Waals surface area contributed by atoms with Gasteiger partial charge >= 0.3 is 0 Å². The van der Waals surface area contributed by atoms with E-state index in [2.05, 4.69) is 21.2 Å². The van der Waals surface area contributed by atoms with E-state index >= 15 is 0 Å². The summed E-state index contributed by atoms with van der Waals surface area (Å²) in [6, 6.07) is 11.4. The summed E-state index contributed by atoms with van der Waals surface area (Å²) in [7, 11) is -3.79. The Bertz CT molecular complexity index is 1060. The van der Waals surface area contributed by atoms with Crippen LogP contribution in [0.3, 0.4) is 0 Å². The van der Waals surface area contributed by atoms with E-state index in [-0.39, 0.29) is 12.5 Å². The van der Waals surface area contributed by atoms with Gasteiger partial charge in [-0.25, -0.2) is 12.8 Å². The van der Waals surface area contributed by atoms with Crippen molar-refractivity contribution in [3.8, 4) is 0 Å². The van der Waals surface area contributed by atoms with Crippen LogP contribution in [0.25, 0.3) is 0 Å². The molecule has 0 aliphatic heterocycles. The fourth-order valence-electron chi connectivity index (χ4n) is 3.32. The molecule has 2 aromatic rings. The number of amides is 2. The zero-order valence-electron chi connectivity index (χ0n) is 18.9. The highest BCUT2D eigenvalue weighted by Gasteiger charge is 2.31. The van der Waals surface area contributed by atoms with Crippen LogP contribution in [-0.4, -0.2) is 50.5 Å². The molecule has 0 unspecified atom stereocenters. The van der Waals surface area contributed by atoms with Gasteiger partial charge in [-0.3, -0.25) is 13.9 Å². The lowest BCUT2D eigenvalue weighted by Crippen LogP contribution is -2.52. The number of carbonyl (C=O) groups is 2. The van der Waals surface area contributed by atoms with Crippen LogP contribution in [0, 0.1) is 5.82 Å². The van der Waals surface area contributed by atoms with Crippen molar-refractivity contribution in [1.29, 1.82) is 0 Å². The first-order valence-electron chi connectivity index (χ1n) is 10.6. The lowest BCUT2D eigenvalue weighted by atomic mass is 10.1. The zero-order valence-corrected chi connectivity index (χ0v) is 21.3. The molecule has 0 bridgehead atoms. The Balaban J connectivity index is 2.41. The Morgan fingerprint density at radius 1 is 1.12 bits per heavy atom. The number of sulfonamides is 1. The van der Waals surface area contributed by atoms with Crippen molar-refractivity contribution >= 4 is 43.5 Å². The molecule has 0 aromatic heterocycles. The van der Waals surface area contributed by atoms with Crippen LogP contribution in [0.5, 0.6) is 0 Å². The molecule has 0 heterocycles. The molecule has 180 valence electrons. The smallest absolute Gasteiger partial charge is 0.244 e. The predicted molar refractivity (Wildman–Crippen MR) is 131 cm³/mol. The van der Waals surface area contributed by atoms with Gasteiger partial charge in [0, 0.05) is 17.6 Å². The van der Waals surface area contributed by atoms with Crippen LogP contribution in [0.15, 0.2) is 53.0 Å². The molecular formula is C23H29BrFN3O4S. The Morgan fingerprint density at radius 3 is 2.33 bits per heavy atom. The molecule has 0 radical (unpaired) electrons. The third-order valence-corrected chi connectivity index (χ3v) is 6.61. The minimum absolute atomic E-state index is 0.0350. The summed E-state index contributed by atoms with van der Waals surface area (Å²) < 4.78 is 40.1. The number of hydrogen-bond donors (Lipinski definition) is 1. The molecule has 0 spiro atoms. The van der Waals surface area contributed by atoms with Gasteiger partial charge in [-0.2, -0.15) is 0 Å². The molecule has 10 heteroatoms. The van der Waals surface area contributed by atoms with Crippen LogP contribution in [0.2, 0.25) is 0 Å². The first-order valence-corrected chi connectivity index (χ1v) is 13.3. The minimum Gasteiger partial charge on any atom is -0.354 e. The van der Waals surface area contributed by atoms with Gasteiger partial charge in [0.05, 0.1) is 11.9 Å². The average Bonchev–Trinajstić information content (AvgIpc) is 2.76. The van der Waals surface area contributed by atoms with Crippen molar-refractivity contribution in [1.82, 2.24) is 10.2 Å². The van der Waals surface area contributed by atoms with E-state index in [0.29, 0.717) is 28.7 Å². The van der Waals surface area contributed by atoms with E-state index in [1.54, 1.807) is 31.2 Å². The van der Waals surface area contributed by atoms with Crippen molar-refractivity contribution in [2.45, 2.75) is 39.3 Å². The van der Waals surface area contributed by atoms with Gasteiger partial charge < -0.3 is 10.2 Å². The summed E-state index contributed by atoms with van der Waals surface area (Å²) in [6.45, 7) is 3.72. The summed E-state index contributed by atoms with van der Waals surface area (Å²) >= 11 is 3.32. The zero-order chi connectivity index (χ0) is 24.6. The van der Waals surface area contributed by atoms with Crippen LogP contribution in [-0.2, 0) is 26.2 Å². The number of anilines is 1. The molecule has 0 saturated heterocycles. The summed E-state index contributed by atoms with van der Waals surface area (Å²) in [5, 5.41) is 2.81. The topological polar surface area (TPSA) is 86.8 Å². The largest absolute Gasteiger partial charge is 0.354 e. The lowest BCUT2D eigenvalue weighted by Gasteiger charge is -2.33. The Morgan fingerprint density at radius 2 is 1.79 bits per heavy atom. The highest BCUT2D eigenvalue weighted by molar-refractivity contribution is 9.10. The third-order valence-electron chi connectivity index (χ3n) is 4.98. The molecule has 2 aromatic carbocycles. The maximum absolute atomic E-state index is 13.5. The molecule has 1 atom stereocenters.